The highest BCUT2D eigenvalue weighted by molar-refractivity contribution is 5.94. The average molecular weight is 279 g/mol. The van der Waals surface area contributed by atoms with E-state index in [0.29, 0.717) is 12.5 Å². The summed E-state index contributed by atoms with van der Waals surface area (Å²) in [6.45, 7) is 4.71. The summed E-state index contributed by atoms with van der Waals surface area (Å²) in [5.41, 5.74) is 3.28. The normalized spacial score (nSPS) is 12.8. The Labute approximate surface area is 126 Å². The van der Waals surface area contributed by atoms with Crippen molar-refractivity contribution in [3.63, 3.8) is 0 Å². The van der Waals surface area contributed by atoms with E-state index >= 15 is 0 Å². The van der Waals surface area contributed by atoms with E-state index in [0.717, 1.165) is 11.1 Å². The van der Waals surface area contributed by atoms with Crippen molar-refractivity contribution in [2.24, 2.45) is 0 Å². The second-order valence-corrected chi connectivity index (χ2v) is 5.25. The van der Waals surface area contributed by atoms with Crippen molar-refractivity contribution in [1.29, 1.82) is 0 Å². The SMILES string of the molecule is CC(=CC(=O)NCC(C)c1ccccc1)c1ccccc1. The van der Waals surface area contributed by atoms with Gasteiger partial charge in [-0.15, -0.1) is 0 Å². The zero-order valence-electron chi connectivity index (χ0n) is 12.5. The van der Waals surface area contributed by atoms with Crippen LogP contribution in [-0.2, 0) is 4.79 Å². The second-order valence-electron chi connectivity index (χ2n) is 5.25. The third-order valence-electron chi connectivity index (χ3n) is 3.53. The van der Waals surface area contributed by atoms with Gasteiger partial charge in [0.2, 0.25) is 5.91 Å². The minimum atomic E-state index is -0.0425. The van der Waals surface area contributed by atoms with Crippen LogP contribution in [0.4, 0.5) is 0 Å². The topological polar surface area (TPSA) is 29.1 Å². The molecule has 0 saturated carbocycles. The van der Waals surface area contributed by atoms with Crippen molar-refractivity contribution in [2.45, 2.75) is 19.8 Å². The van der Waals surface area contributed by atoms with Gasteiger partial charge in [-0.25, -0.2) is 0 Å². The molecule has 1 atom stereocenters. The molecule has 0 aliphatic rings. The molecular weight excluding hydrogens is 258 g/mol. The van der Waals surface area contributed by atoms with Gasteiger partial charge in [0.05, 0.1) is 0 Å². The monoisotopic (exact) mass is 279 g/mol. The van der Waals surface area contributed by atoms with E-state index in [-0.39, 0.29) is 5.91 Å². The summed E-state index contributed by atoms with van der Waals surface area (Å²) in [6, 6.07) is 20.1. The molecule has 0 aliphatic carbocycles. The number of hydrogen-bond donors (Lipinski definition) is 1. The van der Waals surface area contributed by atoms with Crippen molar-refractivity contribution in [3.8, 4) is 0 Å². The van der Waals surface area contributed by atoms with Crippen molar-refractivity contribution in [1.82, 2.24) is 5.32 Å². The molecule has 2 aromatic rings. The fraction of sp³-hybridized carbons (Fsp3) is 0.211. The predicted octanol–water partition coefficient (Wildman–Crippen LogP) is 4.01. The van der Waals surface area contributed by atoms with Crippen LogP contribution in [0.25, 0.3) is 5.57 Å². The van der Waals surface area contributed by atoms with E-state index in [1.165, 1.54) is 5.56 Å². The molecule has 2 nitrogen and oxygen atoms in total. The maximum Gasteiger partial charge on any atom is 0.244 e. The number of benzene rings is 2. The molecule has 0 heterocycles. The summed E-state index contributed by atoms with van der Waals surface area (Å²) in [7, 11) is 0. The summed E-state index contributed by atoms with van der Waals surface area (Å²) in [6.07, 6.45) is 1.66. The van der Waals surface area contributed by atoms with Crippen molar-refractivity contribution < 1.29 is 4.79 Å². The lowest BCUT2D eigenvalue weighted by Crippen LogP contribution is -2.25. The average Bonchev–Trinajstić information content (AvgIpc) is 2.54. The maximum absolute atomic E-state index is 12.0. The predicted molar refractivity (Wildman–Crippen MR) is 88.0 cm³/mol. The minimum absolute atomic E-state index is 0.0425. The van der Waals surface area contributed by atoms with Gasteiger partial charge in [-0.1, -0.05) is 67.6 Å². The van der Waals surface area contributed by atoms with Gasteiger partial charge in [0.25, 0.3) is 0 Å². The van der Waals surface area contributed by atoms with E-state index in [4.69, 9.17) is 0 Å². The van der Waals surface area contributed by atoms with Crippen LogP contribution in [0.2, 0.25) is 0 Å². The zero-order valence-corrected chi connectivity index (χ0v) is 12.5. The second kappa shape index (κ2) is 7.44. The van der Waals surface area contributed by atoms with E-state index in [2.05, 4.69) is 24.4 Å². The summed E-state index contributed by atoms with van der Waals surface area (Å²) in [5, 5.41) is 2.97. The lowest BCUT2D eigenvalue weighted by Gasteiger charge is -2.12. The molecular formula is C19H21NO. The summed E-state index contributed by atoms with van der Waals surface area (Å²) in [4.78, 5) is 12.0. The van der Waals surface area contributed by atoms with Gasteiger partial charge in [0, 0.05) is 12.6 Å². The lowest BCUT2D eigenvalue weighted by atomic mass is 10.0. The molecule has 0 aliphatic heterocycles. The summed E-state index contributed by atoms with van der Waals surface area (Å²) >= 11 is 0. The highest BCUT2D eigenvalue weighted by atomic mass is 16.1. The Morgan fingerprint density at radius 1 is 1.05 bits per heavy atom. The third-order valence-corrected chi connectivity index (χ3v) is 3.53. The number of nitrogens with one attached hydrogen (secondary N) is 1. The number of hydrogen-bond acceptors (Lipinski definition) is 1. The quantitative estimate of drug-likeness (QED) is 0.823. The molecule has 0 bridgehead atoms. The summed E-state index contributed by atoms with van der Waals surface area (Å²) < 4.78 is 0. The molecule has 2 rings (SSSR count). The first-order valence-corrected chi connectivity index (χ1v) is 7.23. The number of amides is 1. The van der Waals surface area contributed by atoms with E-state index in [9.17, 15) is 4.79 Å². The van der Waals surface area contributed by atoms with Gasteiger partial charge >= 0.3 is 0 Å². The van der Waals surface area contributed by atoms with Crippen LogP contribution in [0, 0.1) is 0 Å². The highest BCUT2D eigenvalue weighted by Crippen LogP contribution is 2.14. The highest BCUT2D eigenvalue weighted by Gasteiger charge is 2.06. The van der Waals surface area contributed by atoms with Crippen LogP contribution < -0.4 is 5.32 Å². The molecule has 108 valence electrons. The van der Waals surface area contributed by atoms with E-state index in [1.54, 1.807) is 6.08 Å². The van der Waals surface area contributed by atoms with E-state index in [1.807, 2.05) is 55.5 Å². The zero-order chi connectivity index (χ0) is 15.1. The van der Waals surface area contributed by atoms with Crippen LogP contribution in [0.1, 0.15) is 30.9 Å². The molecule has 1 N–H and O–H groups in total. The van der Waals surface area contributed by atoms with Crippen LogP contribution in [0.5, 0.6) is 0 Å². The molecule has 0 radical (unpaired) electrons. The third kappa shape index (κ3) is 4.60. The Balaban J connectivity index is 1.90. The Kier molecular flexibility index (Phi) is 5.33. The minimum Gasteiger partial charge on any atom is -0.352 e. The standard InChI is InChI=1S/C19H21NO/c1-15(17-9-5-3-6-10-17)13-19(21)20-14-16(2)18-11-7-4-8-12-18/h3-13,16H,14H2,1-2H3,(H,20,21). The van der Waals surface area contributed by atoms with Gasteiger partial charge in [-0.2, -0.15) is 0 Å². The molecule has 0 spiro atoms. The van der Waals surface area contributed by atoms with Gasteiger partial charge in [-0.3, -0.25) is 4.79 Å². The van der Waals surface area contributed by atoms with Crippen LogP contribution in [0.15, 0.2) is 66.7 Å². The fourth-order valence-corrected chi connectivity index (χ4v) is 2.19. The largest absolute Gasteiger partial charge is 0.352 e. The first kappa shape index (κ1) is 15.0. The molecule has 0 saturated heterocycles. The number of rotatable bonds is 5. The van der Waals surface area contributed by atoms with Gasteiger partial charge in [0.1, 0.15) is 0 Å². The van der Waals surface area contributed by atoms with Crippen LogP contribution >= 0.6 is 0 Å². The number of allylic oxidation sites excluding steroid dienone is 1. The smallest absolute Gasteiger partial charge is 0.244 e. The molecule has 2 aromatic carbocycles. The van der Waals surface area contributed by atoms with Gasteiger partial charge in [0.15, 0.2) is 0 Å². The van der Waals surface area contributed by atoms with Gasteiger partial charge in [-0.05, 0) is 29.5 Å². The molecule has 1 amide bonds. The lowest BCUT2D eigenvalue weighted by molar-refractivity contribution is -0.116. The van der Waals surface area contributed by atoms with Crippen molar-refractivity contribution in [2.75, 3.05) is 6.54 Å². The number of carbonyl (C=O) groups is 1. The van der Waals surface area contributed by atoms with Crippen molar-refractivity contribution >= 4 is 11.5 Å². The first-order chi connectivity index (χ1) is 10.2. The molecule has 2 heteroatoms. The Morgan fingerprint density at radius 2 is 1.62 bits per heavy atom. The Bertz CT molecular complexity index is 602. The molecule has 0 aromatic heterocycles. The van der Waals surface area contributed by atoms with Crippen LogP contribution in [-0.4, -0.2) is 12.5 Å². The molecule has 0 fully saturated rings. The summed E-state index contributed by atoms with van der Waals surface area (Å²) in [5.74, 6) is 0.264. The Morgan fingerprint density at radius 3 is 2.24 bits per heavy atom. The maximum atomic E-state index is 12.0. The first-order valence-electron chi connectivity index (χ1n) is 7.23. The molecule has 1 unspecified atom stereocenters. The van der Waals surface area contributed by atoms with Crippen molar-refractivity contribution in [3.05, 3.63) is 77.9 Å². The van der Waals surface area contributed by atoms with Gasteiger partial charge < -0.3 is 5.32 Å². The van der Waals surface area contributed by atoms with E-state index < -0.39 is 0 Å². The fourth-order valence-electron chi connectivity index (χ4n) is 2.19. The van der Waals surface area contributed by atoms with Crippen LogP contribution in [0.3, 0.4) is 0 Å². The number of carbonyl (C=O) groups excluding carboxylic acids is 1. The molecule has 21 heavy (non-hydrogen) atoms. The Hall–Kier alpha value is -2.35.